The highest BCUT2D eigenvalue weighted by Crippen LogP contribution is 2.36. The minimum atomic E-state index is 0. The van der Waals surface area contributed by atoms with E-state index in [9.17, 15) is 5.11 Å². The van der Waals surface area contributed by atoms with Gasteiger partial charge in [0.25, 0.3) is 0 Å². The van der Waals surface area contributed by atoms with Crippen LogP contribution < -0.4 is 0 Å². The number of rotatable bonds is 4. The number of benzene rings is 2. The molecule has 4 heteroatoms. The summed E-state index contributed by atoms with van der Waals surface area (Å²) in [7, 11) is 4.22. The topological polar surface area (TPSA) is 23.5 Å². The maximum atomic E-state index is 9.87. The summed E-state index contributed by atoms with van der Waals surface area (Å²) in [6, 6.07) is 15.5. The van der Waals surface area contributed by atoms with E-state index < -0.39 is 0 Å². The molecule has 1 unspecified atom stereocenters. The smallest absolute Gasteiger partial charge is 0.116 e. The Hall–Kier alpha value is -1.74. The van der Waals surface area contributed by atoms with Gasteiger partial charge in [-0.3, -0.25) is 0 Å². The van der Waals surface area contributed by atoms with Gasteiger partial charge in [-0.25, -0.2) is 0 Å². The van der Waals surface area contributed by atoms with Gasteiger partial charge in [-0.05, 0) is 79.4 Å². The van der Waals surface area contributed by atoms with E-state index in [-0.39, 0.29) is 12.4 Å². The molecule has 2 nitrogen and oxygen atoms in total. The Kier molecular flexibility index (Phi) is 7.33. The lowest BCUT2D eigenvalue weighted by Gasteiger charge is -2.28. The predicted molar refractivity (Wildman–Crippen MR) is 114 cm³/mol. The van der Waals surface area contributed by atoms with E-state index in [0.717, 1.165) is 35.5 Å². The highest BCUT2D eigenvalue weighted by Gasteiger charge is 2.22. The van der Waals surface area contributed by atoms with Gasteiger partial charge in [-0.15, -0.1) is 12.4 Å². The lowest BCUT2D eigenvalue weighted by molar-refractivity contribution is 0.352. The second-order valence-electron chi connectivity index (χ2n) is 6.92. The van der Waals surface area contributed by atoms with Crippen molar-refractivity contribution in [3.05, 3.63) is 76.3 Å². The van der Waals surface area contributed by atoms with E-state index in [4.69, 9.17) is 11.6 Å². The fraction of sp³-hybridized carbons (Fsp3) is 0.273. The largest absolute Gasteiger partial charge is 0.508 e. The first-order chi connectivity index (χ1) is 12.0. The van der Waals surface area contributed by atoms with Crippen molar-refractivity contribution in [1.29, 1.82) is 0 Å². The number of aromatic hydroxyl groups is 1. The molecule has 1 atom stereocenters. The molecule has 0 bridgehead atoms. The van der Waals surface area contributed by atoms with Crippen LogP contribution >= 0.6 is 24.0 Å². The number of phenolic OH excluding ortho intramolecular Hbond substituents is 1. The molecule has 0 spiro atoms. The third-order valence-electron chi connectivity index (χ3n) is 4.55. The van der Waals surface area contributed by atoms with Crippen molar-refractivity contribution >= 4 is 35.7 Å². The number of allylic oxidation sites excluding steroid dienone is 2. The van der Waals surface area contributed by atoms with Crippen molar-refractivity contribution in [3.63, 3.8) is 0 Å². The van der Waals surface area contributed by atoms with E-state index in [1.54, 1.807) is 6.07 Å². The molecule has 0 fully saturated rings. The summed E-state index contributed by atoms with van der Waals surface area (Å²) in [5, 5.41) is 10.6. The quantitative estimate of drug-likeness (QED) is 0.702. The number of hydrogen-bond acceptors (Lipinski definition) is 2. The molecule has 1 aliphatic rings. The molecule has 3 rings (SSSR count). The average molecular weight is 390 g/mol. The van der Waals surface area contributed by atoms with Gasteiger partial charge < -0.3 is 10.0 Å². The second kappa shape index (κ2) is 9.27. The van der Waals surface area contributed by atoms with Crippen LogP contribution in [0.5, 0.6) is 5.75 Å². The molecule has 2 aromatic carbocycles. The summed E-state index contributed by atoms with van der Waals surface area (Å²) >= 11 is 5.98. The molecule has 26 heavy (non-hydrogen) atoms. The Morgan fingerprint density at radius 2 is 1.88 bits per heavy atom. The number of phenols is 1. The van der Waals surface area contributed by atoms with Crippen molar-refractivity contribution in [2.75, 3.05) is 20.6 Å². The molecule has 0 aromatic heterocycles. The molecule has 0 heterocycles. The van der Waals surface area contributed by atoms with Crippen LogP contribution in [0.4, 0.5) is 0 Å². The predicted octanol–water partition coefficient (Wildman–Crippen LogP) is 5.91. The lowest BCUT2D eigenvalue weighted by Crippen LogP contribution is -2.24. The number of nitrogens with zero attached hydrogens (tertiary/aromatic N) is 1. The molecule has 0 amide bonds. The molecular formula is C22H25Cl2NO. The van der Waals surface area contributed by atoms with Crippen molar-refractivity contribution in [2.24, 2.45) is 5.92 Å². The molecular weight excluding hydrogens is 365 g/mol. The van der Waals surface area contributed by atoms with E-state index >= 15 is 0 Å². The first-order valence-electron chi connectivity index (χ1n) is 8.63. The van der Waals surface area contributed by atoms with Crippen LogP contribution in [0.2, 0.25) is 5.02 Å². The summed E-state index contributed by atoms with van der Waals surface area (Å²) in [4.78, 5) is 2.23. The molecule has 0 saturated carbocycles. The molecule has 0 radical (unpaired) electrons. The number of hydrogen-bond donors (Lipinski definition) is 1. The molecule has 138 valence electrons. The van der Waals surface area contributed by atoms with E-state index in [1.807, 2.05) is 36.4 Å². The van der Waals surface area contributed by atoms with Gasteiger partial charge in [0.1, 0.15) is 5.75 Å². The SMILES string of the molecule is CN(C)CC1CC/C(=C\c2ccc(Cl)cc2)C=C1c1cccc(O)c1.Cl. The highest BCUT2D eigenvalue weighted by atomic mass is 35.5. The third kappa shape index (κ3) is 5.38. The van der Waals surface area contributed by atoms with Crippen LogP contribution in [0.3, 0.4) is 0 Å². The summed E-state index contributed by atoms with van der Waals surface area (Å²) in [6.45, 7) is 1.01. The van der Waals surface area contributed by atoms with Gasteiger partial charge in [0.15, 0.2) is 0 Å². The molecule has 1 aliphatic carbocycles. The Balaban J connectivity index is 0.00000243. The standard InChI is InChI=1S/C22H24ClNO.ClH/c1-24(2)15-19-9-6-17(12-16-7-10-20(23)11-8-16)13-22(19)18-4-3-5-21(25)14-18;/h3-5,7-8,10-14,19,25H,6,9,15H2,1-2H3;1H/b17-12+;. The summed E-state index contributed by atoms with van der Waals surface area (Å²) in [5.74, 6) is 0.787. The van der Waals surface area contributed by atoms with Gasteiger partial charge in [0, 0.05) is 11.6 Å². The van der Waals surface area contributed by atoms with Gasteiger partial charge in [0.05, 0.1) is 0 Å². The van der Waals surface area contributed by atoms with Crippen LogP contribution in [-0.4, -0.2) is 30.6 Å². The molecule has 2 aromatic rings. The average Bonchev–Trinajstić information content (AvgIpc) is 2.58. The van der Waals surface area contributed by atoms with Gasteiger partial charge in [-0.1, -0.05) is 48.0 Å². The molecule has 0 saturated heterocycles. The van der Waals surface area contributed by atoms with Gasteiger partial charge >= 0.3 is 0 Å². The van der Waals surface area contributed by atoms with Crippen molar-refractivity contribution in [2.45, 2.75) is 12.8 Å². The fourth-order valence-corrected chi connectivity index (χ4v) is 3.53. The minimum Gasteiger partial charge on any atom is -0.508 e. The summed E-state index contributed by atoms with van der Waals surface area (Å²) < 4.78 is 0. The first kappa shape index (κ1) is 20.6. The van der Waals surface area contributed by atoms with Gasteiger partial charge in [0.2, 0.25) is 0 Å². The van der Waals surface area contributed by atoms with E-state index in [2.05, 4.69) is 37.2 Å². The highest BCUT2D eigenvalue weighted by molar-refractivity contribution is 6.30. The zero-order valence-electron chi connectivity index (χ0n) is 15.2. The zero-order valence-corrected chi connectivity index (χ0v) is 16.7. The van der Waals surface area contributed by atoms with Crippen molar-refractivity contribution in [3.8, 4) is 5.75 Å². The molecule has 0 aliphatic heterocycles. The Morgan fingerprint density at radius 1 is 1.15 bits per heavy atom. The minimum absolute atomic E-state index is 0. The van der Waals surface area contributed by atoms with Crippen LogP contribution in [0.15, 0.2) is 60.2 Å². The second-order valence-corrected chi connectivity index (χ2v) is 7.36. The zero-order chi connectivity index (χ0) is 17.8. The summed E-state index contributed by atoms with van der Waals surface area (Å²) in [5.41, 5.74) is 4.89. The summed E-state index contributed by atoms with van der Waals surface area (Å²) in [6.07, 6.45) is 6.69. The Labute approximate surface area is 167 Å². The maximum Gasteiger partial charge on any atom is 0.116 e. The molecule has 1 N–H and O–H groups in total. The van der Waals surface area contributed by atoms with Crippen LogP contribution in [0, 0.1) is 5.92 Å². The normalized spacial score (nSPS) is 18.5. The number of halogens is 2. The lowest BCUT2D eigenvalue weighted by atomic mass is 9.81. The van der Waals surface area contributed by atoms with Crippen LogP contribution in [0.25, 0.3) is 11.6 Å². The van der Waals surface area contributed by atoms with Crippen molar-refractivity contribution < 1.29 is 5.11 Å². The van der Waals surface area contributed by atoms with Crippen molar-refractivity contribution in [1.82, 2.24) is 4.90 Å². The maximum absolute atomic E-state index is 9.87. The monoisotopic (exact) mass is 389 g/mol. The Bertz CT molecular complexity index is 794. The Morgan fingerprint density at radius 3 is 2.54 bits per heavy atom. The third-order valence-corrected chi connectivity index (χ3v) is 4.80. The van der Waals surface area contributed by atoms with E-state index in [0.29, 0.717) is 11.7 Å². The first-order valence-corrected chi connectivity index (χ1v) is 9.01. The fourth-order valence-electron chi connectivity index (χ4n) is 3.41. The van der Waals surface area contributed by atoms with Crippen LogP contribution in [-0.2, 0) is 0 Å². The van der Waals surface area contributed by atoms with E-state index in [1.165, 1.54) is 11.1 Å². The van der Waals surface area contributed by atoms with Gasteiger partial charge in [-0.2, -0.15) is 0 Å². The van der Waals surface area contributed by atoms with Crippen LogP contribution in [0.1, 0.15) is 24.0 Å².